The third-order valence-electron chi connectivity index (χ3n) is 2.84. The molecule has 92 valence electrons. The van der Waals surface area contributed by atoms with Gasteiger partial charge in [-0.15, -0.1) is 0 Å². The minimum absolute atomic E-state index is 0.184. The molecule has 0 aliphatic heterocycles. The van der Waals surface area contributed by atoms with Crippen molar-refractivity contribution in [2.24, 2.45) is 5.73 Å². The molecule has 1 atom stereocenters. The minimum atomic E-state index is -0.968. The Morgan fingerprint density at radius 2 is 2.12 bits per heavy atom. The maximum atomic E-state index is 9.90. The summed E-state index contributed by atoms with van der Waals surface area (Å²) in [5.74, 6) is 0.532. The van der Waals surface area contributed by atoms with Crippen molar-refractivity contribution in [2.75, 3.05) is 6.54 Å². The van der Waals surface area contributed by atoms with Gasteiger partial charge in [-0.25, -0.2) is 4.98 Å². The third-order valence-corrected chi connectivity index (χ3v) is 2.84. The van der Waals surface area contributed by atoms with Gasteiger partial charge in [0, 0.05) is 6.54 Å². The average molecular weight is 234 g/mol. The summed E-state index contributed by atoms with van der Waals surface area (Å²) in [4.78, 5) is 4.39. The fraction of sp³-hybridized carbons (Fsp3) is 0.462. The second-order valence-corrected chi connectivity index (χ2v) is 4.92. The molecule has 1 aromatic carbocycles. The van der Waals surface area contributed by atoms with E-state index in [9.17, 15) is 5.11 Å². The van der Waals surface area contributed by atoms with E-state index in [-0.39, 0.29) is 6.54 Å². The van der Waals surface area contributed by atoms with Crippen LogP contribution in [-0.2, 0) is 6.42 Å². The van der Waals surface area contributed by atoms with Crippen LogP contribution in [0.25, 0.3) is 11.1 Å². The number of aromatic nitrogens is 1. The van der Waals surface area contributed by atoms with Gasteiger partial charge in [-0.2, -0.15) is 0 Å². The van der Waals surface area contributed by atoms with Gasteiger partial charge in [-0.05, 0) is 38.0 Å². The van der Waals surface area contributed by atoms with E-state index >= 15 is 0 Å². The van der Waals surface area contributed by atoms with Crippen LogP contribution in [0.15, 0.2) is 16.5 Å². The minimum Gasteiger partial charge on any atom is -0.440 e. The van der Waals surface area contributed by atoms with Gasteiger partial charge < -0.3 is 15.3 Å². The zero-order chi connectivity index (χ0) is 12.6. The lowest BCUT2D eigenvalue weighted by molar-refractivity contribution is 0.0632. The van der Waals surface area contributed by atoms with Gasteiger partial charge in [0.1, 0.15) is 5.52 Å². The van der Waals surface area contributed by atoms with Crippen LogP contribution in [0.2, 0.25) is 0 Å². The van der Waals surface area contributed by atoms with Gasteiger partial charge in [-0.3, -0.25) is 0 Å². The van der Waals surface area contributed by atoms with Gasteiger partial charge in [-0.1, -0.05) is 6.07 Å². The summed E-state index contributed by atoms with van der Waals surface area (Å²) in [6.07, 6.45) is 0.330. The van der Waals surface area contributed by atoms with Crippen molar-refractivity contribution in [1.82, 2.24) is 4.98 Å². The van der Waals surface area contributed by atoms with E-state index in [1.165, 1.54) is 0 Å². The molecule has 0 bridgehead atoms. The predicted octanol–water partition coefficient (Wildman–Crippen LogP) is 1.70. The summed E-state index contributed by atoms with van der Waals surface area (Å²) in [7, 11) is 0. The molecule has 0 saturated heterocycles. The van der Waals surface area contributed by atoms with Crippen LogP contribution < -0.4 is 5.73 Å². The molecule has 0 aliphatic carbocycles. The molecule has 0 spiro atoms. The van der Waals surface area contributed by atoms with Gasteiger partial charge in [0.25, 0.3) is 0 Å². The Morgan fingerprint density at radius 3 is 2.76 bits per heavy atom. The van der Waals surface area contributed by atoms with Crippen molar-refractivity contribution < 1.29 is 9.52 Å². The molecule has 1 aromatic heterocycles. The average Bonchev–Trinajstić information content (AvgIpc) is 2.59. The molecule has 0 fully saturated rings. The maximum absolute atomic E-state index is 9.90. The van der Waals surface area contributed by atoms with Crippen LogP contribution in [0.3, 0.4) is 0 Å². The molecule has 0 aliphatic rings. The highest BCUT2D eigenvalue weighted by molar-refractivity contribution is 5.77. The number of aliphatic hydroxyl groups is 1. The molecule has 1 unspecified atom stereocenters. The van der Waals surface area contributed by atoms with Gasteiger partial charge in [0.15, 0.2) is 11.5 Å². The molecule has 2 aromatic rings. The molecular weight excluding hydrogens is 216 g/mol. The van der Waals surface area contributed by atoms with Crippen molar-refractivity contribution >= 4 is 11.1 Å². The van der Waals surface area contributed by atoms with E-state index < -0.39 is 5.60 Å². The maximum Gasteiger partial charge on any atom is 0.198 e. The van der Waals surface area contributed by atoms with E-state index in [2.05, 4.69) is 11.1 Å². The molecule has 0 radical (unpaired) electrons. The number of hydrogen-bond donors (Lipinski definition) is 2. The normalized spacial score (nSPS) is 15.1. The van der Waals surface area contributed by atoms with Crippen molar-refractivity contribution in [3.8, 4) is 0 Å². The Hall–Kier alpha value is -1.39. The second kappa shape index (κ2) is 4.13. The fourth-order valence-electron chi connectivity index (χ4n) is 1.90. The summed E-state index contributed by atoms with van der Waals surface area (Å²) < 4.78 is 5.66. The molecule has 0 amide bonds. The van der Waals surface area contributed by atoms with Crippen LogP contribution >= 0.6 is 0 Å². The molecule has 3 N–H and O–H groups in total. The van der Waals surface area contributed by atoms with Crippen molar-refractivity contribution in [3.05, 3.63) is 29.2 Å². The number of benzene rings is 1. The molecule has 4 heteroatoms. The largest absolute Gasteiger partial charge is 0.440 e. The number of nitrogens with zero attached hydrogens (tertiary/aromatic N) is 1. The molecule has 0 saturated carbocycles. The third kappa shape index (κ3) is 2.48. The molecule has 17 heavy (non-hydrogen) atoms. The lowest BCUT2D eigenvalue weighted by Crippen LogP contribution is -2.36. The van der Waals surface area contributed by atoms with Crippen LogP contribution in [0.1, 0.15) is 23.9 Å². The predicted molar refractivity (Wildman–Crippen MR) is 66.9 cm³/mol. The first-order chi connectivity index (χ1) is 7.91. The van der Waals surface area contributed by atoms with Crippen LogP contribution in [-0.4, -0.2) is 22.2 Å². The monoisotopic (exact) mass is 234 g/mol. The summed E-state index contributed by atoms with van der Waals surface area (Å²) >= 11 is 0. The van der Waals surface area contributed by atoms with E-state index in [1.54, 1.807) is 6.92 Å². The molecule has 2 rings (SSSR count). The number of nitrogens with two attached hydrogens (primary N) is 1. The van der Waals surface area contributed by atoms with Crippen molar-refractivity contribution in [3.63, 3.8) is 0 Å². The zero-order valence-corrected chi connectivity index (χ0v) is 10.4. The Bertz CT molecular complexity index is 544. The van der Waals surface area contributed by atoms with E-state index in [0.717, 1.165) is 22.2 Å². The van der Waals surface area contributed by atoms with Gasteiger partial charge in [0.05, 0.1) is 12.0 Å². The van der Waals surface area contributed by atoms with Gasteiger partial charge in [0.2, 0.25) is 0 Å². The first-order valence-electron chi connectivity index (χ1n) is 5.70. The first-order valence-corrected chi connectivity index (χ1v) is 5.70. The molecule has 1 heterocycles. The highest BCUT2D eigenvalue weighted by Crippen LogP contribution is 2.23. The number of fused-ring (bicyclic) bond motifs is 1. The van der Waals surface area contributed by atoms with E-state index in [0.29, 0.717) is 12.3 Å². The zero-order valence-electron chi connectivity index (χ0n) is 10.4. The standard InChI is InChI=1S/C13H18N2O2/c1-8-4-9(2)12-10(5-8)15-11(17-12)6-13(3,16)7-14/h4-5,16H,6-7,14H2,1-3H3. The number of oxazole rings is 1. The molecular formula is C13H18N2O2. The van der Waals surface area contributed by atoms with Crippen LogP contribution in [0.5, 0.6) is 0 Å². The quantitative estimate of drug-likeness (QED) is 0.847. The molecule has 4 nitrogen and oxygen atoms in total. The Kier molecular flexibility index (Phi) is 2.93. The van der Waals surface area contributed by atoms with Crippen molar-refractivity contribution in [1.29, 1.82) is 0 Å². The van der Waals surface area contributed by atoms with Crippen LogP contribution in [0, 0.1) is 13.8 Å². The summed E-state index contributed by atoms with van der Waals surface area (Å²) in [6.45, 7) is 5.88. The lowest BCUT2D eigenvalue weighted by Gasteiger charge is -2.18. The first kappa shape index (κ1) is 12.1. The summed E-state index contributed by atoms with van der Waals surface area (Å²) in [6, 6.07) is 4.03. The second-order valence-electron chi connectivity index (χ2n) is 4.92. The van der Waals surface area contributed by atoms with E-state index in [4.69, 9.17) is 10.2 Å². The summed E-state index contributed by atoms with van der Waals surface area (Å²) in [5.41, 5.74) is 8.36. The van der Waals surface area contributed by atoms with Gasteiger partial charge >= 0.3 is 0 Å². The summed E-state index contributed by atoms with van der Waals surface area (Å²) in [5, 5.41) is 9.90. The topological polar surface area (TPSA) is 72.3 Å². The Balaban J connectivity index is 2.42. The number of aryl methyl sites for hydroxylation is 2. The smallest absolute Gasteiger partial charge is 0.198 e. The van der Waals surface area contributed by atoms with E-state index in [1.807, 2.05) is 19.9 Å². The van der Waals surface area contributed by atoms with Crippen molar-refractivity contribution in [2.45, 2.75) is 32.8 Å². The van der Waals surface area contributed by atoms with Crippen LogP contribution in [0.4, 0.5) is 0 Å². The lowest BCUT2D eigenvalue weighted by atomic mass is 10.0. The SMILES string of the molecule is Cc1cc(C)c2oc(CC(C)(O)CN)nc2c1. The Labute approximate surface area is 100 Å². The fourth-order valence-corrected chi connectivity index (χ4v) is 1.90. The number of hydrogen-bond acceptors (Lipinski definition) is 4. The number of rotatable bonds is 3. The Morgan fingerprint density at radius 1 is 1.41 bits per heavy atom. The highest BCUT2D eigenvalue weighted by Gasteiger charge is 2.22. The highest BCUT2D eigenvalue weighted by atomic mass is 16.4.